The Kier molecular flexibility index (Phi) is 3.99. The first-order chi connectivity index (χ1) is 5.68. The number of nitrogens with zero attached hydrogens (tertiary/aromatic N) is 1. The third kappa shape index (κ3) is 3.53. The van der Waals surface area contributed by atoms with Gasteiger partial charge in [0, 0.05) is 19.8 Å². The average Bonchev–Trinajstić information content (AvgIpc) is 2.03. The topological polar surface area (TPSA) is 33.1 Å². The van der Waals surface area contributed by atoms with Crippen molar-refractivity contribution in [3.05, 3.63) is 23.9 Å². The monoisotopic (exact) mass is 201 g/mol. The van der Waals surface area contributed by atoms with Crippen LogP contribution < -0.4 is 0 Å². The minimum absolute atomic E-state index is 0.769. The van der Waals surface area contributed by atoms with Gasteiger partial charge in [-0.15, -0.1) is 0 Å². The summed E-state index contributed by atoms with van der Waals surface area (Å²) < 4.78 is 0. The maximum atomic E-state index is 9.08. The minimum Gasteiger partial charge on any atom is -0.373 e. The van der Waals surface area contributed by atoms with Crippen LogP contribution >= 0.6 is 19.9 Å². The number of rotatable bonds is 3. The molecule has 0 saturated heterocycles. The largest absolute Gasteiger partial charge is 0.373 e. The lowest BCUT2D eigenvalue weighted by Gasteiger charge is -2.02. The summed E-state index contributed by atoms with van der Waals surface area (Å²) in [6, 6.07) is 4.02. The van der Waals surface area contributed by atoms with Gasteiger partial charge in [0.2, 0.25) is 0 Å². The van der Waals surface area contributed by atoms with Gasteiger partial charge in [0.15, 0.2) is 0 Å². The Bertz CT molecular complexity index is 237. The van der Waals surface area contributed by atoms with Crippen LogP contribution in [0.5, 0.6) is 0 Å². The van der Waals surface area contributed by atoms with Crippen LogP contribution in [0.1, 0.15) is 5.56 Å². The molecule has 0 bridgehead atoms. The first kappa shape index (κ1) is 9.97. The number of aromatic nitrogens is 1. The molecule has 0 spiro atoms. The van der Waals surface area contributed by atoms with Gasteiger partial charge in [-0.3, -0.25) is 0 Å². The molecular formula is C8H12NOPS. The maximum Gasteiger partial charge on any atom is 0.0964 e. The molecule has 1 aromatic heterocycles. The van der Waals surface area contributed by atoms with Crippen molar-refractivity contribution in [1.82, 2.24) is 4.98 Å². The third-order valence-corrected chi connectivity index (χ3v) is 3.83. The van der Waals surface area contributed by atoms with Gasteiger partial charge in [0.25, 0.3) is 0 Å². The number of hydrogen-bond donors (Lipinski definition) is 1. The zero-order valence-electron chi connectivity index (χ0n) is 7.19. The van der Waals surface area contributed by atoms with E-state index in [4.69, 9.17) is 4.89 Å². The van der Waals surface area contributed by atoms with Crippen molar-refractivity contribution in [1.29, 1.82) is 0 Å². The summed E-state index contributed by atoms with van der Waals surface area (Å²) in [6.07, 6.45) is 1.84. The molecular weight excluding hydrogens is 189 g/mol. The highest BCUT2D eigenvalue weighted by molar-refractivity contribution is 8.04. The summed E-state index contributed by atoms with van der Waals surface area (Å²) in [7, 11) is -0.809. The standard InChI is InChI=1S/C8H12NOPS/c1-7-3-4-8(9-5-7)12-6-11(2)10/h3-5,10H,6H2,1-2H3. The van der Waals surface area contributed by atoms with Crippen LogP contribution in [0.3, 0.4) is 0 Å². The Morgan fingerprint density at radius 3 is 2.83 bits per heavy atom. The van der Waals surface area contributed by atoms with Gasteiger partial charge >= 0.3 is 0 Å². The third-order valence-electron chi connectivity index (χ3n) is 1.28. The number of hydrogen-bond acceptors (Lipinski definition) is 3. The molecule has 0 aromatic carbocycles. The zero-order chi connectivity index (χ0) is 8.97. The van der Waals surface area contributed by atoms with Crippen LogP contribution in [0.4, 0.5) is 0 Å². The molecule has 1 heterocycles. The van der Waals surface area contributed by atoms with Crippen LogP contribution in [0.25, 0.3) is 0 Å². The van der Waals surface area contributed by atoms with Crippen molar-refractivity contribution in [2.75, 3.05) is 12.2 Å². The van der Waals surface area contributed by atoms with Crippen molar-refractivity contribution >= 4 is 19.9 Å². The van der Waals surface area contributed by atoms with Gasteiger partial charge in [-0.2, -0.15) is 0 Å². The van der Waals surface area contributed by atoms with E-state index in [1.165, 1.54) is 5.56 Å². The molecule has 1 N–H and O–H groups in total. The quantitative estimate of drug-likeness (QED) is 0.602. The fraction of sp³-hybridized carbons (Fsp3) is 0.375. The van der Waals surface area contributed by atoms with E-state index >= 15 is 0 Å². The van der Waals surface area contributed by atoms with E-state index in [1.807, 2.05) is 31.9 Å². The summed E-state index contributed by atoms with van der Waals surface area (Å²) in [4.78, 5) is 13.3. The maximum absolute atomic E-state index is 9.08. The first-order valence-corrected chi connectivity index (χ1v) is 6.55. The Morgan fingerprint density at radius 1 is 1.58 bits per heavy atom. The summed E-state index contributed by atoms with van der Waals surface area (Å²) in [5, 5.41) is 0.990. The van der Waals surface area contributed by atoms with Crippen LogP contribution in [0, 0.1) is 6.92 Å². The minimum atomic E-state index is -0.809. The molecule has 1 atom stereocenters. The SMILES string of the molecule is Cc1ccc(SCP(C)O)nc1. The van der Waals surface area contributed by atoms with E-state index in [9.17, 15) is 0 Å². The van der Waals surface area contributed by atoms with E-state index in [-0.39, 0.29) is 0 Å². The van der Waals surface area contributed by atoms with E-state index in [1.54, 1.807) is 11.8 Å². The first-order valence-electron chi connectivity index (χ1n) is 3.64. The van der Waals surface area contributed by atoms with Crippen molar-refractivity contribution in [2.45, 2.75) is 11.9 Å². The van der Waals surface area contributed by atoms with E-state index in [2.05, 4.69) is 4.98 Å². The Morgan fingerprint density at radius 2 is 2.33 bits per heavy atom. The number of pyridine rings is 1. The van der Waals surface area contributed by atoms with E-state index in [0.717, 1.165) is 10.5 Å². The zero-order valence-corrected chi connectivity index (χ0v) is 8.90. The Labute approximate surface area is 78.2 Å². The Balaban J connectivity index is 2.48. The highest BCUT2D eigenvalue weighted by Crippen LogP contribution is 2.32. The normalized spacial score (nSPS) is 12.9. The van der Waals surface area contributed by atoms with Gasteiger partial charge in [-0.1, -0.05) is 17.8 Å². The predicted molar refractivity (Wildman–Crippen MR) is 54.8 cm³/mol. The lowest BCUT2D eigenvalue weighted by atomic mass is 10.3. The molecule has 0 fully saturated rings. The molecule has 1 rings (SSSR count). The molecule has 2 nitrogen and oxygen atoms in total. The summed E-state index contributed by atoms with van der Waals surface area (Å²) in [5.41, 5.74) is 1.94. The van der Waals surface area contributed by atoms with Gasteiger partial charge in [0.05, 0.1) is 5.03 Å². The van der Waals surface area contributed by atoms with Crippen molar-refractivity contribution in [3.63, 3.8) is 0 Å². The molecule has 0 aliphatic rings. The lowest BCUT2D eigenvalue weighted by Crippen LogP contribution is -1.82. The van der Waals surface area contributed by atoms with E-state index < -0.39 is 8.15 Å². The summed E-state index contributed by atoms with van der Waals surface area (Å²) in [5.74, 6) is 0. The van der Waals surface area contributed by atoms with E-state index in [0.29, 0.717) is 0 Å². The van der Waals surface area contributed by atoms with Crippen molar-refractivity contribution in [3.8, 4) is 0 Å². The van der Waals surface area contributed by atoms with Crippen LogP contribution in [-0.4, -0.2) is 22.0 Å². The summed E-state index contributed by atoms with van der Waals surface area (Å²) >= 11 is 1.60. The van der Waals surface area contributed by atoms with Crippen molar-refractivity contribution in [2.24, 2.45) is 0 Å². The van der Waals surface area contributed by atoms with Crippen LogP contribution in [0.15, 0.2) is 23.4 Å². The molecule has 1 unspecified atom stereocenters. The molecule has 4 heteroatoms. The second kappa shape index (κ2) is 4.80. The van der Waals surface area contributed by atoms with Gasteiger partial charge in [0.1, 0.15) is 0 Å². The van der Waals surface area contributed by atoms with Crippen molar-refractivity contribution < 1.29 is 4.89 Å². The molecule has 0 saturated carbocycles. The van der Waals surface area contributed by atoms with Gasteiger partial charge in [-0.05, 0) is 25.2 Å². The smallest absolute Gasteiger partial charge is 0.0964 e. The highest BCUT2D eigenvalue weighted by Gasteiger charge is 1.98. The number of thioether (sulfide) groups is 1. The summed E-state index contributed by atoms with van der Waals surface area (Å²) in [6.45, 7) is 3.86. The van der Waals surface area contributed by atoms with Gasteiger partial charge < -0.3 is 4.89 Å². The molecule has 0 amide bonds. The number of aryl methyl sites for hydroxylation is 1. The second-order valence-corrected chi connectivity index (χ2v) is 5.66. The Hall–Kier alpha value is -0.110. The molecule has 0 radical (unpaired) electrons. The molecule has 0 aliphatic carbocycles. The highest BCUT2D eigenvalue weighted by atomic mass is 32.2. The van der Waals surface area contributed by atoms with Crippen LogP contribution in [0.2, 0.25) is 0 Å². The van der Waals surface area contributed by atoms with Crippen LogP contribution in [-0.2, 0) is 0 Å². The fourth-order valence-corrected chi connectivity index (χ4v) is 2.27. The van der Waals surface area contributed by atoms with Gasteiger partial charge in [-0.25, -0.2) is 4.98 Å². The molecule has 66 valence electrons. The second-order valence-electron chi connectivity index (χ2n) is 2.60. The fourth-order valence-electron chi connectivity index (χ4n) is 0.699. The molecule has 1 aromatic rings. The average molecular weight is 201 g/mol. The molecule has 0 aliphatic heterocycles. The predicted octanol–water partition coefficient (Wildman–Crippen LogP) is 2.46. The molecule has 12 heavy (non-hydrogen) atoms. The lowest BCUT2D eigenvalue weighted by molar-refractivity contribution is 0.636.